The van der Waals surface area contributed by atoms with Crippen molar-refractivity contribution in [3.8, 4) is 0 Å². The van der Waals surface area contributed by atoms with Crippen molar-refractivity contribution in [2.75, 3.05) is 32.7 Å². The minimum Gasteiger partial charge on any atom is -0.323 e. The Labute approximate surface area is 129 Å². The van der Waals surface area contributed by atoms with E-state index in [4.69, 9.17) is 5.73 Å². The molecule has 3 nitrogen and oxygen atoms in total. The van der Waals surface area contributed by atoms with E-state index < -0.39 is 0 Å². The molecule has 1 aromatic rings. The Morgan fingerprint density at radius 2 is 1.76 bits per heavy atom. The Morgan fingerprint density at radius 1 is 1.10 bits per heavy atom. The van der Waals surface area contributed by atoms with Crippen LogP contribution in [-0.2, 0) is 0 Å². The van der Waals surface area contributed by atoms with Gasteiger partial charge in [-0.3, -0.25) is 4.90 Å². The van der Waals surface area contributed by atoms with Gasteiger partial charge in [0.05, 0.1) is 0 Å². The highest BCUT2D eigenvalue weighted by Crippen LogP contribution is 2.30. The van der Waals surface area contributed by atoms with Crippen molar-refractivity contribution < 1.29 is 0 Å². The van der Waals surface area contributed by atoms with E-state index in [9.17, 15) is 0 Å². The fraction of sp³-hybridized carbons (Fsp3) is 0.667. The fourth-order valence-electron chi connectivity index (χ4n) is 3.58. The van der Waals surface area contributed by atoms with Gasteiger partial charge in [-0.05, 0) is 30.7 Å². The van der Waals surface area contributed by atoms with Crippen LogP contribution in [0.5, 0.6) is 0 Å². The fourth-order valence-corrected chi connectivity index (χ4v) is 3.58. The first-order valence-corrected chi connectivity index (χ1v) is 8.55. The van der Waals surface area contributed by atoms with E-state index >= 15 is 0 Å². The number of nitrogens with zero attached hydrogens (tertiary/aromatic N) is 2. The number of hydrogen-bond donors (Lipinski definition) is 1. The molecule has 116 valence electrons. The summed E-state index contributed by atoms with van der Waals surface area (Å²) in [6, 6.07) is 11.2. The molecule has 3 heteroatoms. The lowest BCUT2D eigenvalue weighted by Gasteiger charge is -2.41. The van der Waals surface area contributed by atoms with Crippen molar-refractivity contribution in [2.24, 2.45) is 11.7 Å². The molecule has 2 unspecified atom stereocenters. The molecule has 2 aliphatic rings. The van der Waals surface area contributed by atoms with Gasteiger partial charge >= 0.3 is 0 Å². The predicted octanol–water partition coefficient (Wildman–Crippen LogP) is 2.49. The molecule has 1 aromatic carbocycles. The summed E-state index contributed by atoms with van der Waals surface area (Å²) >= 11 is 0. The van der Waals surface area contributed by atoms with E-state index in [0.29, 0.717) is 6.04 Å². The van der Waals surface area contributed by atoms with Crippen molar-refractivity contribution in [1.29, 1.82) is 0 Å². The van der Waals surface area contributed by atoms with Crippen LogP contribution in [0.15, 0.2) is 30.3 Å². The lowest BCUT2D eigenvalue weighted by molar-refractivity contribution is 0.0801. The maximum absolute atomic E-state index is 6.55. The Morgan fingerprint density at radius 3 is 2.33 bits per heavy atom. The molecule has 1 saturated carbocycles. The molecule has 0 bridgehead atoms. The average molecular weight is 287 g/mol. The molecule has 0 radical (unpaired) electrons. The zero-order valence-electron chi connectivity index (χ0n) is 13.2. The molecule has 0 aromatic heterocycles. The summed E-state index contributed by atoms with van der Waals surface area (Å²) in [6.45, 7) is 8.37. The number of rotatable bonds is 6. The Hall–Kier alpha value is -0.900. The molecule has 0 spiro atoms. The van der Waals surface area contributed by atoms with Crippen LogP contribution in [-0.4, -0.2) is 48.6 Å². The third-order valence-corrected chi connectivity index (χ3v) is 5.11. The van der Waals surface area contributed by atoms with Gasteiger partial charge in [-0.1, -0.05) is 37.3 Å². The van der Waals surface area contributed by atoms with E-state index in [1.807, 2.05) is 0 Å². The third-order valence-electron chi connectivity index (χ3n) is 5.11. The molecule has 1 heterocycles. The smallest absolute Gasteiger partial charge is 0.0453 e. The molecular formula is C18H29N3. The molecule has 21 heavy (non-hydrogen) atoms. The number of benzene rings is 1. The second-order valence-corrected chi connectivity index (χ2v) is 6.69. The quantitative estimate of drug-likeness (QED) is 0.872. The standard InChI is InChI=1S/C18H29N3/c1-2-17(18(19)16-6-4-3-5-7-16)21-12-10-20(11-13-21)14-15-8-9-15/h3-7,15,17-18H,2,8-14,19H2,1H3. The van der Waals surface area contributed by atoms with Gasteiger partial charge in [0.15, 0.2) is 0 Å². The van der Waals surface area contributed by atoms with Crippen LogP contribution < -0.4 is 5.73 Å². The van der Waals surface area contributed by atoms with E-state index in [2.05, 4.69) is 47.1 Å². The summed E-state index contributed by atoms with van der Waals surface area (Å²) in [7, 11) is 0. The normalized spacial score (nSPS) is 23.9. The molecule has 1 aliphatic heterocycles. The first kappa shape index (κ1) is 15.0. The van der Waals surface area contributed by atoms with E-state index in [0.717, 1.165) is 12.3 Å². The van der Waals surface area contributed by atoms with Crippen molar-refractivity contribution in [1.82, 2.24) is 9.80 Å². The second kappa shape index (κ2) is 6.91. The summed E-state index contributed by atoms with van der Waals surface area (Å²) in [5, 5.41) is 0. The van der Waals surface area contributed by atoms with Gasteiger partial charge in [-0.2, -0.15) is 0 Å². The maximum Gasteiger partial charge on any atom is 0.0453 e. The van der Waals surface area contributed by atoms with Gasteiger partial charge in [0, 0.05) is 44.8 Å². The molecule has 2 N–H and O–H groups in total. The maximum atomic E-state index is 6.55. The van der Waals surface area contributed by atoms with Crippen LogP contribution in [0.25, 0.3) is 0 Å². The lowest BCUT2D eigenvalue weighted by atomic mass is 9.96. The van der Waals surface area contributed by atoms with Gasteiger partial charge in [0.1, 0.15) is 0 Å². The summed E-state index contributed by atoms with van der Waals surface area (Å²) < 4.78 is 0. The van der Waals surface area contributed by atoms with Crippen LogP contribution in [0.2, 0.25) is 0 Å². The minimum absolute atomic E-state index is 0.131. The number of piperazine rings is 1. The van der Waals surface area contributed by atoms with Gasteiger partial charge in [0.25, 0.3) is 0 Å². The van der Waals surface area contributed by atoms with Crippen LogP contribution in [0.3, 0.4) is 0 Å². The molecule has 2 atom stereocenters. The topological polar surface area (TPSA) is 32.5 Å². The molecular weight excluding hydrogens is 258 g/mol. The van der Waals surface area contributed by atoms with Crippen molar-refractivity contribution in [3.63, 3.8) is 0 Å². The van der Waals surface area contributed by atoms with Gasteiger partial charge in [-0.15, -0.1) is 0 Å². The SMILES string of the molecule is CCC(C(N)c1ccccc1)N1CCN(CC2CC2)CC1. The monoisotopic (exact) mass is 287 g/mol. The van der Waals surface area contributed by atoms with E-state index in [1.165, 1.54) is 51.1 Å². The second-order valence-electron chi connectivity index (χ2n) is 6.69. The lowest BCUT2D eigenvalue weighted by Crippen LogP contribution is -2.53. The van der Waals surface area contributed by atoms with Crippen LogP contribution in [0.1, 0.15) is 37.8 Å². The summed E-state index contributed by atoms with van der Waals surface area (Å²) in [6.07, 6.45) is 4.03. The van der Waals surface area contributed by atoms with E-state index in [1.54, 1.807) is 0 Å². The number of hydrogen-bond acceptors (Lipinski definition) is 3. The molecule has 0 amide bonds. The predicted molar refractivity (Wildman–Crippen MR) is 88.2 cm³/mol. The van der Waals surface area contributed by atoms with Crippen molar-refractivity contribution >= 4 is 0 Å². The Balaban J connectivity index is 1.56. The first-order valence-electron chi connectivity index (χ1n) is 8.55. The minimum atomic E-state index is 0.131. The molecule has 3 rings (SSSR count). The summed E-state index contributed by atoms with van der Waals surface area (Å²) in [5.41, 5.74) is 7.82. The van der Waals surface area contributed by atoms with Crippen molar-refractivity contribution in [3.05, 3.63) is 35.9 Å². The Kier molecular flexibility index (Phi) is 4.94. The molecule has 1 saturated heterocycles. The highest BCUT2D eigenvalue weighted by molar-refractivity contribution is 5.20. The average Bonchev–Trinajstić information content (AvgIpc) is 3.34. The zero-order chi connectivity index (χ0) is 14.7. The van der Waals surface area contributed by atoms with Gasteiger partial charge < -0.3 is 10.6 Å². The van der Waals surface area contributed by atoms with E-state index in [-0.39, 0.29) is 6.04 Å². The largest absolute Gasteiger partial charge is 0.323 e. The highest BCUT2D eigenvalue weighted by Gasteiger charge is 2.30. The summed E-state index contributed by atoms with van der Waals surface area (Å²) in [5.74, 6) is 1.00. The highest BCUT2D eigenvalue weighted by atomic mass is 15.3. The third kappa shape index (κ3) is 3.85. The molecule has 2 fully saturated rings. The van der Waals surface area contributed by atoms with Gasteiger partial charge in [0.2, 0.25) is 0 Å². The zero-order valence-corrected chi connectivity index (χ0v) is 13.2. The van der Waals surface area contributed by atoms with Crippen LogP contribution in [0, 0.1) is 5.92 Å². The summed E-state index contributed by atoms with van der Waals surface area (Å²) in [4.78, 5) is 5.26. The number of nitrogens with two attached hydrogens (primary N) is 1. The Bertz CT molecular complexity index is 421. The van der Waals surface area contributed by atoms with Crippen LogP contribution >= 0.6 is 0 Å². The van der Waals surface area contributed by atoms with Crippen LogP contribution in [0.4, 0.5) is 0 Å². The van der Waals surface area contributed by atoms with Crippen molar-refractivity contribution in [2.45, 2.75) is 38.3 Å². The molecule has 1 aliphatic carbocycles. The van der Waals surface area contributed by atoms with Gasteiger partial charge in [-0.25, -0.2) is 0 Å². The first-order chi connectivity index (χ1) is 10.3.